The van der Waals surface area contributed by atoms with Crippen molar-refractivity contribution in [3.63, 3.8) is 0 Å². The summed E-state index contributed by atoms with van der Waals surface area (Å²) in [6.07, 6.45) is 1.76. The van der Waals surface area contributed by atoms with Crippen molar-refractivity contribution < 1.29 is 14.2 Å². The zero-order chi connectivity index (χ0) is 15.1. The number of benzene rings is 1. The molecule has 0 spiro atoms. The molecule has 6 heteroatoms. The number of pyridine rings is 1. The van der Waals surface area contributed by atoms with E-state index in [1.54, 1.807) is 20.4 Å². The van der Waals surface area contributed by atoms with Crippen molar-refractivity contribution in [1.29, 1.82) is 0 Å². The lowest BCUT2D eigenvalue weighted by Crippen LogP contribution is -2.15. The van der Waals surface area contributed by atoms with Crippen LogP contribution < -0.4 is 20.5 Å². The van der Waals surface area contributed by atoms with Gasteiger partial charge in [-0.15, -0.1) is 0 Å². The van der Waals surface area contributed by atoms with Crippen LogP contribution in [0.4, 0.5) is 5.82 Å². The molecule has 1 heterocycles. The van der Waals surface area contributed by atoms with E-state index in [1.165, 1.54) is 0 Å². The summed E-state index contributed by atoms with van der Waals surface area (Å²) in [5.41, 5.74) is 5.37. The molecule has 0 saturated heterocycles. The third-order valence-corrected chi connectivity index (χ3v) is 3.07. The second-order valence-corrected chi connectivity index (χ2v) is 4.42. The highest BCUT2D eigenvalue weighted by Gasteiger charge is 2.09. The molecule has 0 aliphatic rings. The first kappa shape index (κ1) is 15.3. The maximum Gasteiger partial charge on any atom is 0.161 e. The minimum atomic E-state index is 0.531. The average Bonchev–Trinajstić information content (AvgIpc) is 2.53. The minimum absolute atomic E-state index is 0.531. The van der Waals surface area contributed by atoms with Crippen LogP contribution in [0.2, 0.25) is 0 Å². The molecule has 2 aromatic rings. The van der Waals surface area contributed by atoms with E-state index < -0.39 is 0 Å². The molecule has 0 saturated carbocycles. The molecule has 0 amide bonds. The standard InChI is InChI=1S/C15H21N3O3/c1-19-13-9-11-3-5-17-15(12(11)10-14(13)20-2)18-6-8-21-7-4-16/h3,5,9-10H,4,6-8,16H2,1-2H3,(H,17,18). The predicted molar refractivity (Wildman–Crippen MR) is 83.2 cm³/mol. The topological polar surface area (TPSA) is 78.6 Å². The second kappa shape index (κ2) is 7.66. The summed E-state index contributed by atoms with van der Waals surface area (Å²) in [6, 6.07) is 5.80. The van der Waals surface area contributed by atoms with Crippen molar-refractivity contribution in [2.75, 3.05) is 45.8 Å². The van der Waals surface area contributed by atoms with E-state index in [0.29, 0.717) is 37.8 Å². The normalized spacial score (nSPS) is 10.6. The first-order valence-electron chi connectivity index (χ1n) is 6.82. The highest BCUT2D eigenvalue weighted by molar-refractivity contribution is 5.94. The largest absolute Gasteiger partial charge is 0.493 e. The van der Waals surface area contributed by atoms with Gasteiger partial charge in [0.2, 0.25) is 0 Å². The average molecular weight is 291 g/mol. The van der Waals surface area contributed by atoms with Crippen molar-refractivity contribution in [2.45, 2.75) is 0 Å². The lowest BCUT2D eigenvalue weighted by molar-refractivity contribution is 0.151. The van der Waals surface area contributed by atoms with Crippen LogP contribution >= 0.6 is 0 Å². The Morgan fingerprint density at radius 1 is 1.14 bits per heavy atom. The first-order chi connectivity index (χ1) is 10.3. The van der Waals surface area contributed by atoms with E-state index in [0.717, 1.165) is 16.6 Å². The zero-order valence-electron chi connectivity index (χ0n) is 12.4. The number of nitrogens with two attached hydrogens (primary N) is 1. The fraction of sp³-hybridized carbons (Fsp3) is 0.400. The molecule has 6 nitrogen and oxygen atoms in total. The molecule has 0 aliphatic heterocycles. The van der Waals surface area contributed by atoms with Crippen molar-refractivity contribution >= 4 is 16.6 Å². The van der Waals surface area contributed by atoms with Gasteiger partial charge in [-0.2, -0.15) is 0 Å². The Labute approximate surface area is 124 Å². The van der Waals surface area contributed by atoms with E-state index in [2.05, 4.69) is 10.3 Å². The number of anilines is 1. The van der Waals surface area contributed by atoms with Gasteiger partial charge in [-0.25, -0.2) is 4.98 Å². The van der Waals surface area contributed by atoms with Crippen molar-refractivity contribution in [3.05, 3.63) is 24.4 Å². The minimum Gasteiger partial charge on any atom is -0.493 e. The number of methoxy groups -OCH3 is 2. The predicted octanol–water partition coefficient (Wildman–Crippen LogP) is 1.64. The van der Waals surface area contributed by atoms with Gasteiger partial charge in [0.15, 0.2) is 11.5 Å². The quantitative estimate of drug-likeness (QED) is 0.720. The van der Waals surface area contributed by atoms with E-state index in [9.17, 15) is 0 Å². The smallest absolute Gasteiger partial charge is 0.161 e. The monoisotopic (exact) mass is 291 g/mol. The number of aromatic nitrogens is 1. The van der Waals surface area contributed by atoms with Gasteiger partial charge in [-0.05, 0) is 23.6 Å². The molecule has 1 aromatic carbocycles. The maximum atomic E-state index is 5.37. The zero-order valence-corrected chi connectivity index (χ0v) is 12.4. The Hall–Kier alpha value is -2.05. The van der Waals surface area contributed by atoms with Gasteiger partial charge in [0.05, 0.1) is 27.4 Å². The van der Waals surface area contributed by atoms with E-state index >= 15 is 0 Å². The van der Waals surface area contributed by atoms with E-state index in [-0.39, 0.29) is 0 Å². The summed E-state index contributed by atoms with van der Waals surface area (Å²) < 4.78 is 16.0. The highest BCUT2D eigenvalue weighted by Crippen LogP contribution is 2.34. The molecule has 21 heavy (non-hydrogen) atoms. The van der Waals surface area contributed by atoms with Crippen LogP contribution in [0, 0.1) is 0 Å². The van der Waals surface area contributed by atoms with Gasteiger partial charge in [-0.3, -0.25) is 0 Å². The summed E-state index contributed by atoms with van der Waals surface area (Å²) in [5.74, 6) is 2.18. The molecule has 3 N–H and O–H groups in total. The number of ether oxygens (including phenoxy) is 3. The van der Waals surface area contributed by atoms with Crippen molar-refractivity contribution in [1.82, 2.24) is 4.98 Å². The summed E-state index contributed by atoms with van der Waals surface area (Å²) >= 11 is 0. The number of fused-ring (bicyclic) bond motifs is 1. The third-order valence-electron chi connectivity index (χ3n) is 3.07. The van der Waals surface area contributed by atoms with Gasteiger partial charge >= 0.3 is 0 Å². The van der Waals surface area contributed by atoms with Crippen LogP contribution in [0.15, 0.2) is 24.4 Å². The Balaban J connectivity index is 2.19. The maximum absolute atomic E-state index is 5.37. The molecular weight excluding hydrogens is 270 g/mol. The Kier molecular flexibility index (Phi) is 5.59. The Bertz CT molecular complexity index is 590. The summed E-state index contributed by atoms with van der Waals surface area (Å²) in [6.45, 7) is 2.35. The molecule has 0 fully saturated rings. The number of hydrogen-bond acceptors (Lipinski definition) is 6. The number of nitrogens with one attached hydrogen (secondary N) is 1. The van der Waals surface area contributed by atoms with Crippen LogP contribution in [-0.4, -0.2) is 45.5 Å². The molecule has 0 atom stereocenters. The van der Waals surface area contributed by atoms with Crippen molar-refractivity contribution in [3.8, 4) is 11.5 Å². The van der Waals surface area contributed by atoms with Crippen LogP contribution in [0.25, 0.3) is 10.8 Å². The first-order valence-corrected chi connectivity index (χ1v) is 6.82. The SMILES string of the molecule is COc1cc2ccnc(NCCOCCN)c2cc1OC. The fourth-order valence-electron chi connectivity index (χ4n) is 2.07. The van der Waals surface area contributed by atoms with Crippen LogP contribution in [0.3, 0.4) is 0 Å². The van der Waals surface area contributed by atoms with Gasteiger partial charge in [0.1, 0.15) is 5.82 Å². The molecule has 2 rings (SSSR count). The Morgan fingerprint density at radius 2 is 1.90 bits per heavy atom. The van der Waals surface area contributed by atoms with Crippen LogP contribution in [0.1, 0.15) is 0 Å². The van der Waals surface area contributed by atoms with Crippen LogP contribution in [-0.2, 0) is 4.74 Å². The summed E-state index contributed by atoms with van der Waals surface area (Å²) in [5, 5.41) is 5.28. The molecular formula is C15H21N3O3. The van der Waals surface area contributed by atoms with Gasteiger partial charge < -0.3 is 25.3 Å². The van der Waals surface area contributed by atoms with Gasteiger partial charge in [0.25, 0.3) is 0 Å². The highest BCUT2D eigenvalue weighted by atomic mass is 16.5. The van der Waals surface area contributed by atoms with Gasteiger partial charge in [-0.1, -0.05) is 0 Å². The third kappa shape index (κ3) is 3.74. The number of hydrogen-bond donors (Lipinski definition) is 2. The molecule has 0 bridgehead atoms. The lowest BCUT2D eigenvalue weighted by Gasteiger charge is -2.12. The molecule has 0 aliphatic carbocycles. The van der Waals surface area contributed by atoms with E-state index in [4.69, 9.17) is 19.9 Å². The number of rotatable bonds is 8. The van der Waals surface area contributed by atoms with Crippen molar-refractivity contribution in [2.24, 2.45) is 5.73 Å². The summed E-state index contributed by atoms with van der Waals surface area (Å²) in [7, 11) is 3.24. The lowest BCUT2D eigenvalue weighted by atomic mass is 10.1. The molecule has 0 unspecified atom stereocenters. The number of nitrogens with zero attached hydrogens (tertiary/aromatic N) is 1. The summed E-state index contributed by atoms with van der Waals surface area (Å²) in [4.78, 5) is 4.37. The molecule has 0 radical (unpaired) electrons. The van der Waals surface area contributed by atoms with E-state index in [1.807, 2.05) is 18.2 Å². The molecule has 1 aromatic heterocycles. The second-order valence-electron chi connectivity index (χ2n) is 4.42. The van der Waals surface area contributed by atoms with Crippen LogP contribution in [0.5, 0.6) is 11.5 Å². The fourth-order valence-corrected chi connectivity index (χ4v) is 2.07. The van der Waals surface area contributed by atoms with Gasteiger partial charge in [0, 0.05) is 24.7 Å². The Morgan fingerprint density at radius 3 is 2.62 bits per heavy atom. The molecule has 114 valence electrons.